The van der Waals surface area contributed by atoms with E-state index in [9.17, 15) is 8.60 Å². The molecule has 1 aliphatic heterocycles. The van der Waals surface area contributed by atoms with Crippen molar-refractivity contribution < 1.29 is 8.60 Å². The maximum atomic E-state index is 13.0. The van der Waals surface area contributed by atoms with Gasteiger partial charge in [0.2, 0.25) is 0 Å². The number of nitrogens with two attached hydrogens (primary N) is 1. The second kappa shape index (κ2) is 5.77. The van der Waals surface area contributed by atoms with Crippen molar-refractivity contribution in [3.05, 3.63) is 29.6 Å². The van der Waals surface area contributed by atoms with Crippen LogP contribution in [0.2, 0.25) is 0 Å². The topological polar surface area (TPSA) is 49.6 Å². The fourth-order valence-electron chi connectivity index (χ4n) is 2.09. The number of hydrogen-bond acceptors (Lipinski definition) is 3. The summed E-state index contributed by atoms with van der Waals surface area (Å²) in [7, 11) is -0.883. The summed E-state index contributed by atoms with van der Waals surface area (Å²) in [6.45, 7) is 4.11. The van der Waals surface area contributed by atoms with Crippen LogP contribution in [0.3, 0.4) is 0 Å². The van der Waals surface area contributed by atoms with Crippen LogP contribution in [-0.2, 0) is 17.5 Å². The van der Waals surface area contributed by atoms with E-state index >= 15 is 0 Å². The highest BCUT2D eigenvalue weighted by Crippen LogP contribution is 2.15. The summed E-state index contributed by atoms with van der Waals surface area (Å²) in [6.07, 6.45) is 1.70. The van der Waals surface area contributed by atoms with Crippen LogP contribution in [0.25, 0.3) is 0 Å². The van der Waals surface area contributed by atoms with Crippen molar-refractivity contribution in [1.82, 2.24) is 9.21 Å². The third-order valence-corrected chi connectivity index (χ3v) is 4.25. The van der Waals surface area contributed by atoms with Crippen LogP contribution < -0.4 is 5.73 Å². The number of anilines is 1. The Bertz CT molecular complexity index is 447. The Morgan fingerprint density at radius 3 is 2.56 bits per heavy atom. The minimum atomic E-state index is -0.883. The molecule has 1 aromatic rings. The molecule has 0 aliphatic carbocycles. The average Bonchev–Trinajstić information content (AvgIpc) is 2.34. The minimum absolute atomic E-state index is 0.195. The van der Waals surface area contributed by atoms with Crippen LogP contribution in [0, 0.1) is 5.82 Å². The lowest BCUT2D eigenvalue weighted by Gasteiger charge is -2.33. The Morgan fingerprint density at radius 1 is 1.33 bits per heavy atom. The van der Waals surface area contributed by atoms with Crippen LogP contribution in [0.4, 0.5) is 10.1 Å². The Balaban J connectivity index is 1.91. The molecule has 18 heavy (non-hydrogen) atoms. The fourth-order valence-corrected chi connectivity index (χ4v) is 2.77. The summed E-state index contributed by atoms with van der Waals surface area (Å²) in [5.74, 6) is -0.370. The lowest BCUT2D eigenvalue weighted by Crippen LogP contribution is -2.46. The third kappa shape index (κ3) is 3.28. The van der Waals surface area contributed by atoms with Gasteiger partial charge in [-0.25, -0.2) is 12.9 Å². The second-order valence-electron chi connectivity index (χ2n) is 4.48. The Labute approximate surface area is 109 Å². The van der Waals surface area contributed by atoms with Gasteiger partial charge in [0.05, 0.1) is 16.7 Å². The van der Waals surface area contributed by atoms with Crippen molar-refractivity contribution in [2.24, 2.45) is 0 Å². The Kier molecular flexibility index (Phi) is 4.31. The predicted octanol–water partition coefficient (Wildman–Crippen LogP) is 0.819. The lowest BCUT2D eigenvalue weighted by atomic mass is 10.1. The molecule has 1 atom stereocenters. The summed E-state index contributed by atoms with van der Waals surface area (Å²) in [5.41, 5.74) is 6.75. The van der Waals surface area contributed by atoms with E-state index in [1.54, 1.807) is 18.4 Å². The largest absolute Gasteiger partial charge is 0.396 e. The normalized spacial score (nSPS) is 19.9. The number of rotatable bonds is 3. The van der Waals surface area contributed by atoms with Gasteiger partial charge < -0.3 is 5.73 Å². The molecule has 0 radical (unpaired) electrons. The summed E-state index contributed by atoms with van der Waals surface area (Å²) in [4.78, 5) is 2.26. The molecule has 0 bridgehead atoms. The molecule has 0 amide bonds. The highest BCUT2D eigenvalue weighted by molar-refractivity contribution is 7.81. The number of benzene rings is 1. The minimum Gasteiger partial charge on any atom is -0.396 e. The first kappa shape index (κ1) is 13.5. The van der Waals surface area contributed by atoms with Gasteiger partial charge in [-0.1, -0.05) is 6.07 Å². The quantitative estimate of drug-likeness (QED) is 0.828. The zero-order chi connectivity index (χ0) is 13.1. The zero-order valence-electron chi connectivity index (χ0n) is 10.4. The fraction of sp³-hybridized carbons (Fsp3) is 0.500. The SMILES string of the molecule is CS(=O)N1CCN(Cc2ccc(F)c(N)c2)CC1. The van der Waals surface area contributed by atoms with E-state index < -0.39 is 11.0 Å². The number of nitrogens with zero attached hydrogens (tertiary/aromatic N) is 2. The number of nitrogen functional groups attached to an aromatic ring is 1. The molecule has 6 heteroatoms. The molecule has 2 N–H and O–H groups in total. The number of halogens is 1. The maximum absolute atomic E-state index is 13.0. The van der Waals surface area contributed by atoms with Crippen LogP contribution >= 0.6 is 0 Å². The summed E-state index contributed by atoms with van der Waals surface area (Å²) in [5, 5.41) is 0. The van der Waals surface area contributed by atoms with Gasteiger partial charge >= 0.3 is 0 Å². The molecule has 1 aliphatic rings. The first-order chi connectivity index (χ1) is 8.56. The third-order valence-electron chi connectivity index (χ3n) is 3.16. The first-order valence-electron chi connectivity index (χ1n) is 5.91. The second-order valence-corrected chi connectivity index (χ2v) is 5.85. The Morgan fingerprint density at radius 2 is 2.00 bits per heavy atom. The number of hydrogen-bond donors (Lipinski definition) is 1. The molecule has 100 valence electrons. The summed E-state index contributed by atoms with van der Waals surface area (Å²) in [6, 6.07) is 4.84. The molecular weight excluding hydrogens is 253 g/mol. The monoisotopic (exact) mass is 271 g/mol. The molecule has 2 rings (SSSR count). The van der Waals surface area contributed by atoms with E-state index in [-0.39, 0.29) is 11.5 Å². The van der Waals surface area contributed by atoms with Gasteiger partial charge in [-0.2, -0.15) is 0 Å². The van der Waals surface area contributed by atoms with E-state index in [1.807, 2.05) is 4.31 Å². The first-order valence-corrected chi connectivity index (χ1v) is 7.42. The molecule has 1 heterocycles. The van der Waals surface area contributed by atoms with Crippen molar-refractivity contribution >= 4 is 16.7 Å². The van der Waals surface area contributed by atoms with Crippen molar-refractivity contribution in [2.75, 3.05) is 38.2 Å². The smallest absolute Gasteiger partial charge is 0.146 e. The Hall–Kier alpha value is -0.980. The maximum Gasteiger partial charge on any atom is 0.146 e. The van der Waals surface area contributed by atoms with Crippen LogP contribution in [0.5, 0.6) is 0 Å². The standard InChI is InChI=1S/C12H18FN3OS/c1-18(17)16-6-4-15(5-7-16)9-10-2-3-11(13)12(14)8-10/h2-3,8H,4-7,9,14H2,1H3. The molecule has 0 aromatic heterocycles. The molecule has 4 nitrogen and oxygen atoms in total. The molecule has 0 saturated carbocycles. The van der Waals surface area contributed by atoms with E-state index in [0.29, 0.717) is 0 Å². The molecule has 0 spiro atoms. The van der Waals surface area contributed by atoms with E-state index in [4.69, 9.17) is 5.73 Å². The zero-order valence-corrected chi connectivity index (χ0v) is 11.3. The summed E-state index contributed by atoms with van der Waals surface area (Å²) < 4.78 is 26.3. The molecule has 1 saturated heterocycles. The number of piperazine rings is 1. The molecular formula is C12H18FN3OS. The van der Waals surface area contributed by atoms with Gasteiger partial charge in [0.15, 0.2) is 0 Å². The molecule has 1 fully saturated rings. The average molecular weight is 271 g/mol. The van der Waals surface area contributed by atoms with Crippen molar-refractivity contribution in [1.29, 1.82) is 0 Å². The van der Waals surface area contributed by atoms with E-state index in [1.165, 1.54) is 6.07 Å². The van der Waals surface area contributed by atoms with Crippen LogP contribution in [0.15, 0.2) is 18.2 Å². The van der Waals surface area contributed by atoms with Crippen molar-refractivity contribution in [2.45, 2.75) is 6.54 Å². The van der Waals surface area contributed by atoms with Gasteiger partial charge in [-0.3, -0.25) is 4.90 Å². The summed E-state index contributed by atoms with van der Waals surface area (Å²) >= 11 is 0. The molecule has 1 aromatic carbocycles. The van der Waals surface area contributed by atoms with Crippen LogP contribution in [-0.4, -0.2) is 45.8 Å². The van der Waals surface area contributed by atoms with Gasteiger partial charge in [-0.05, 0) is 17.7 Å². The van der Waals surface area contributed by atoms with Gasteiger partial charge in [0.1, 0.15) is 5.82 Å². The van der Waals surface area contributed by atoms with E-state index in [2.05, 4.69) is 4.90 Å². The van der Waals surface area contributed by atoms with Crippen LogP contribution in [0.1, 0.15) is 5.56 Å². The lowest BCUT2D eigenvalue weighted by molar-refractivity contribution is 0.186. The van der Waals surface area contributed by atoms with Gasteiger partial charge in [0.25, 0.3) is 0 Å². The van der Waals surface area contributed by atoms with Gasteiger partial charge in [-0.15, -0.1) is 0 Å². The predicted molar refractivity (Wildman–Crippen MR) is 71.7 cm³/mol. The highest BCUT2D eigenvalue weighted by Gasteiger charge is 2.18. The van der Waals surface area contributed by atoms with Crippen molar-refractivity contribution in [3.8, 4) is 0 Å². The van der Waals surface area contributed by atoms with Gasteiger partial charge in [0, 0.05) is 39.0 Å². The highest BCUT2D eigenvalue weighted by atomic mass is 32.2. The van der Waals surface area contributed by atoms with E-state index in [0.717, 1.165) is 38.3 Å². The molecule has 1 unspecified atom stereocenters. The van der Waals surface area contributed by atoms with Crippen molar-refractivity contribution in [3.63, 3.8) is 0 Å².